The molecule has 0 atom stereocenters. The van der Waals surface area contributed by atoms with Crippen molar-refractivity contribution in [3.05, 3.63) is 60.3 Å². The predicted octanol–water partition coefficient (Wildman–Crippen LogP) is 3.33. The van der Waals surface area contributed by atoms with Gasteiger partial charge in [-0.15, -0.1) is 0 Å². The summed E-state index contributed by atoms with van der Waals surface area (Å²) in [6.07, 6.45) is 3.09. The molecule has 0 aliphatic heterocycles. The smallest absolute Gasteiger partial charge is 0.191 e. The van der Waals surface area contributed by atoms with Crippen LogP contribution in [0.4, 0.5) is 0 Å². The van der Waals surface area contributed by atoms with Gasteiger partial charge in [-0.25, -0.2) is 0 Å². The lowest BCUT2D eigenvalue weighted by molar-refractivity contribution is 0.104. The molecule has 114 valence electrons. The standard InChI is InChI=1S/C18H19NO3/c1-19(2)11-10-18(21)16-12-14(6-9-17(16)20)13-4-7-15(22-3)8-5-13/h4-12,20H,1-3H3/b11-10+. The molecule has 0 aliphatic carbocycles. The summed E-state index contributed by atoms with van der Waals surface area (Å²) in [5, 5.41) is 9.91. The first-order valence-corrected chi connectivity index (χ1v) is 6.87. The summed E-state index contributed by atoms with van der Waals surface area (Å²) in [5.74, 6) is 0.514. The highest BCUT2D eigenvalue weighted by Gasteiger charge is 2.10. The van der Waals surface area contributed by atoms with Crippen molar-refractivity contribution >= 4 is 5.78 Å². The summed E-state index contributed by atoms with van der Waals surface area (Å²) < 4.78 is 5.13. The van der Waals surface area contributed by atoms with Gasteiger partial charge in [0.05, 0.1) is 12.7 Å². The monoisotopic (exact) mass is 297 g/mol. The summed E-state index contributed by atoms with van der Waals surface area (Å²) >= 11 is 0. The molecule has 22 heavy (non-hydrogen) atoms. The number of ketones is 1. The molecule has 4 heteroatoms. The van der Waals surface area contributed by atoms with Crippen LogP contribution in [0.25, 0.3) is 11.1 Å². The van der Waals surface area contributed by atoms with E-state index in [2.05, 4.69) is 0 Å². The number of hydrogen-bond acceptors (Lipinski definition) is 4. The zero-order valence-corrected chi connectivity index (χ0v) is 12.9. The molecular weight excluding hydrogens is 278 g/mol. The van der Waals surface area contributed by atoms with Crippen molar-refractivity contribution in [2.75, 3.05) is 21.2 Å². The van der Waals surface area contributed by atoms with E-state index in [0.29, 0.717) is 0 Å². The molecule has 0 amide bonds. The van der Waals surface area contributed by atoms with Crippen LogP contribution >= 0.6 is 0 Å². The van der Waals surface area contributed by atoms with E-state index in [4.69, 9.17) is 4.74 Å². The van der Waals surface area contributed by atoms with E-state index >= 15 is 0 Å². The van der Waals surface area contributed by atoms with Gasteiger partial charge in [0, 0.05) is 26.4 Å². The molecule has 2 aromatic rings. The Morgan fingerprint density at radius 2 is 1.73 bits per heavy atom. The molecule has 0 saturated carbocycles. The van der Waals surface area contributed by atoms with Gasteiger partial charge in [0.2, 0.25) is 0 Å². The highest BCUT2D eigenvalue weighted by Crippen LogP contribution is 2.27. The van der Waals surface area contributed by atoms with Crippen molar-refractivity contribution in [3.63, 3.8) is 0 Å². The Balaban J connectivity index is 2.35. The van der Waals surface area contributed by atoms with Gasteiger partial charge in [-0.05, 0) is 35.4 Å². The van der Waals surface area contributed by atoms with Crippen LogP contribution in [0.15, 0.2) is 54.7 Å². The number of phenols is 1. The number of benzene rings is 2. The van der Waals surface area contributed by atoms with Gasteiger partial charge in [-0.1, -0.05) is 18.2 Å². The first-order chi connectivity index (χ1) is 10.5. The van der Waals surface area contributed by atoms with Gasteiger partial charge in [-0.3, -0.25) is 4.79 Å². The Bertz CT molecular complexity index is 688. The second-order valence-electron chi connectivity index (χ2n) is 5.10. The maximum atomic E-state index is 12.2. The Morgan fingerprint density at radius 3 is 2.32 bits per heavy atom. The van der Waals surface area contributed by atoms with Crippen molar-refractivity contribution < 1.29 is 14.6 Å². The van der Waals surface area contributed by atoms with Crippen molar-refractivity contribution in [2.45, 2.75) is 0 Å². The maximum Gasteiger partial charge on any atom is 0.191 e. The fourth-order valence-electron chi connectivity index (χ4n) is 2.00. The molecule has 0 saturated heterocycles. The average Bonchev–Trinajstić information content (AvgIpc) is 2.53. The Hall–Kier alpha value is -2.75. The minimum absolute atomic E-state index is 0.0225. The third-order valence-corrected chi connectivity index (χ3v) is 3.21. The van der Waals surface area contributed by atoms with Gasteiger partial charge in [0.1, 0.15) is 11.5 Å². The SMILES string of the molecule is COc1ccc(-c2ccc(O)c(C(=O)/C=C/N(C)C)c2)cc1. The first-order valence-electron chi connectivity index (χ1n) is 6.87. The molecule has 0 radical (unpaired) electrons. The highest BCUT2D eigenvalue weighted by atomic mass is 16.5. The van der Waals surface area contributed by atoms with Crippen LogP contribution in [-0.4, -0.2) is 37.0 Å². The van der Waals surface area contributed by atoms with Crippen LogP contribution in [0.5, 0.6) is 11.5 Å². The summed E-state index contributed by atoms with van der Waals surface area (Å²) in [4.78, 5) is 13.9. The normalized spacial score (nSPS) is 10.7. The van der Waals surface area contributed by atoms with Crippen LogP contribution in [0.2, 0.25) is 0 Å². The summed E-state index contributed by atoms with van der Waals surface area (Å²) in [5.41, 5.74) is 2.10. The molecule has 2 rings (SSSR count). The van der Waals surface area contributed by atoms with Gasteiger partial charge in [0.25, 0.3) is 0 Å². The number of carbonyl (C=O) groups is 1. The maximum absolute atomic E-state index is 12.2. The van der Waals surface area contributed by atoms with Crippen molar-refractivity contribution in [1.82, 2.24) is 4.90 Å². The van der Waals surface area contributed by atoms with Crippen LogP contribution in [-0.2, 0) is 0 Å². The molecule has 2 aromatic carbocycles. The lowest BCUT2D eigenvalue weighted by Gasteiger charge is -2.08. The van der Waals surface area contributed by atoms with Crippen LogP contribution in [0.3, 0.4) is 0 Å². The van der Waals surface area contributed by atoms with Crippen LogP contribution in [0, 0.1) is 0 Å². The Labute approximate surface area is 130 Å². The number of allylic oxidation sites excluding steroid dienone is 1. The Kier molecular flexibility index (Phi) is 4.84. The van der Waals surface area contributed by atoms with Gasteiger partial charge in [-0.2, -0.15) is 0 Å². The fourth-order valence-corrected chi connectivity index (χ4v) is 2.00. The number of rotatable bonds is 5. The highest BCUT2D eigenvalue weighted by molar-refractivity contribution is 6.07. The lowest BCUT2D eigenvalue weighted by atomic mass is 10.0. The van der Waals surface area contributed by atoms with Crippen molar-refractivity contribution in [2.24, 2.45) is 0 Å². The van der Waals surface area contributed by atoms with Crippen molar-refractivity contribution in [3.8, 4) is 22.6 Å². The molecule has 0 spiro atoms. The lowest BCUT2D eigenvalue weighted by Crippen LogP contribution is -2.03. The minimum atomic E-state index is -0.235. The second kappa shape index (κ2) is 6.80. The number of phenolic OH excluding ortho intramolecular Hbond substituents is 1. The topological polar surface area (TPSA) is 49.8 Å². The Morgan fingerprint density at radius 1 is 1.09 bits per heavy atom. The van der Waals surface area contributed by atoms with E-state index in [0.717, 1.165) is 16.9 Å². The second-order valence-corrected chi connectivity index (χ2v) is 5.10. The van der Waals surface area contributed by atoms with Crippen molar-refractivity contribution in [1.29, 1.82) is 0 Å². The number of ether oxygens (including phenoxy) is 1. The third kappa shape index (κ3) is 3.67. The largest absolute Gasteiger partial charge is 0.507 e. The van der Waals surface area contributed by atoms with Gasteiger partial charge in [0.15, 0.2) is 5.78 Å². The van der Waals surface area contributed by atoms with Gasteiger partial charge >= 0.3 is 0 Å². The molecule has 0 unspecified atom stereocenters. The molecule has 4 nitrogen and oxygen atoms in total. The average molecular weight is 297 g/mol. The van der Waals surface area contributed by atoms with Crippen LogP contribution < -0.4 is 4.74 Å². The predicted molar refractivity (Wildman–Crippen MR) is 87.3 cm³/mol. The zero-order chi connectivity index (χ0) is 16.1. The molecule has 0 heterocycles. The van der Waals surface area contributed by atoms with E-state index in [1.165, 1.54) is 12.1 Å². The van der Waals surface area contributed by atoms with Crippen LogP contribution in [0.1, 0.15) is 10.4 Å². The fraction of sp³-hybridized carbons (Fsp3) is 0.167. The third-order valence-electron chi connectivity index (χ3n) is 3.21. The molecule has 1 N–H and O–H groups in total. The molecule has 0 aromatic heterocycles. The van der Waals surface area contributed by atoms with E-state index < -0.39 is 0 Å². The summed E-state index contributed by atoms with van der Waals surface area (Å²) in [7, 11) is 5.28. The molecule has 0 aliphatic rings. The van der Waals surface area contributed by atoms with E-state index in [-0.39, 0.29) is 17.1 Å². The summed E-state index contributed by atoms with van der Waals surface area (Å²) in [6, 6.07) is 12.6. The number of aromatic hydroxyl groups is 1. The first kappa shape index (κ1) is 15.6. The quantitative estimate of drug-likeness (QED) is 0.679. The van der Waals surface area contributed by atoms with E-state index in [9.17, 15) is 9.90 Å². The minimum Gasteiger partial charge on any atom is -0.507 e. The molecule has 0 bridgehead atoms. The molecular formula is C18H19NO3. The molecule has 0 fully saturated rings. The van der Waals surface area contributed by atoms with E-state index in [1.54, 1.807) is 30.3 Å². The number of nitrogens with zero attached hydrogens (tertiary/aromatic N) is 1. The van der Waals surface area contributed by atoms with Gasteiger partial charge < -0.3 is 14.7 Å². The van der Waals surface area contributed by atoms with E-state index in [1.807, 2.05) is 38.4 Å². The zero-order valence-electron chi connectivity index (χ0n) is 12.9. The number of hydrogen-bond donors (Lipinski definition) is 1. The number of methoxy groups -OCH3 is 1. The summed E-state index contributed by atoms with van der Waals surface area (Å²) in [6.45, 7) is 0. The number of carbonyl (C=O) groups excluding carboxylic acids is 1.